The molecule has 0 unspecified atom stereocenters. The van der Waals surface area contributed by atoms with Gasteiger partial charge in [-0.3, -0.25) is 9.59 Å². The highest BCUT2D eigenvalue weighted by atomic mass is 19.1. The summed E-state index contributed by atoms with van der Waals surface area (Å²) in [5, 5.41) is 0. The largest absolute Gasteiger partial charge is 0.342 e. The molecule has 4 nitrogen and oxygen atoms in total. The second-order valence-electron chi connectivity index (χ2n) is 7.35. The lowest BCUT2D eigenvalue weighted by Gasteiger charge is -2.24. The van der Waals surface area contributed by atoms with Gasteiger partial charge in [0, 0.05) is 43.6 Å². The summed E-state index contributed by atoms with van der Waals surface area (Å²) in [6.45, 7) is 1.99. The summed E-state index contributed by atoms with van der Waals surface area (Å²) in [5.41, 5.74) is 0.470. The Hall–Kier alpha value is -1.91. The molecular formula is C18H21FN2O2. The highest BCUT2D eigenvalue weighted by Gasteiger charge is 2.49. The summed E-state index contributed by atoms with van der Waals surface area (Å²) in [7, 11) is 0. The van der Waals surface area contributed by atoms with Crippen LogP contribution in [0.3, 0.4) is 0 Å². The number of carbonyl (C=O) groups is 2. The molecule has 0 radical (unpaired) electrons. The summed E-state index contributed by atoms with van der Waals surface area (Å²) in [6.07, 6.45) is 4.34. The first kappa shape index (κ1) is 14.7. The van der Waals surface area contributed by atoms with Gasteiger partial charge in [0.15, 0.2) is 0 Å². The molecule has 1 aromatic carbocycles. The molecule has 2 heterocycles. The third-order valence-electron chi connectivity index (χ3n) is 5.39. The fourth-order valence-corrected chi connectivity index (χ4v) is 3.89. The number of carbonyl (C=O) groups excluding carboxylic acids is 2. The average molecular weight is 316 g/mol. The van der Waals surface area contributed by atoms with Crippen LogP contribution in [0.2, 0.25) is 0 Å². The van der Waals surface area contributed by atoms with E-state index in [0.717, 1.165) is 13.0 Å². The van der Waals surface area contributed by atoms with Crippen LogP contribution in [0.5, 0.6) is 0 Å². The van der Waals surface area contributed by atoms with Crippen LogP contribution < -0.4 is 4.90 Å². The maximum absolute atomic E-state index is 13.4. The van der Waals surface area contributed by atoms with Crippen molar-refractivity contribution in [1.82, 2.24) is 4.90 Å². The third-order valence-corrected chi connectivity index (χ3v) is 5.39. The van der Waals surface area contributed by atoms with Gasteiger partial charge in [0.2, 0.25) is 11.8 Å². The minimum atomic E-state index is -0.330. The van der Waals surface area contributed by atoms with Crippen molar-refractivity contribution in [2.45, 2.75) is 32.1 Å². The molecule has 0 N–H and O–H groups in total. The van der Waals surface area contributed by atoms with Crippen molar-refractivity contribution in [3.63, 3.8) is 0 Å². The molecule has 2 amide bonds. The maximum Gasteiger partial charge on any atom is 0.227 e. The number of amides is 2. The van der Waals surface area contributed by atoms with E-state index in [2.05, 4.69) is 0 Å². The first-order chi connectivity index (χ1) is 11.0. The maximum atomic E-state index is 13.4. The Labute approximate surface area is 135 Å². The quantitative estimate of drug-likeness (QED) is 0.860. The van der Waals surface area contributed by atoms with E-state index in [1.54, 1.807) is 17.0 Å². The molecule has 0 bridgehead atoms. The molecule has 1 spiro atoms. The third kappa shape index (κ3) is 2.84. The summed E-state index contributed by atoms with van der Waals surface area (Å²) in [6, 6.07) is 6.18. The molecule has 1 aliphatic carbocycles. The van der Waals surface area contributed by atoms with E-state index in [0.29, 0.717) is 37.5 Å². The molecule has 5 heteroatoms. The highest BCUT2D eigenvalue weighted by Crippen LogP contribution is 2.42. The second-order valence-corrected chi connectivity index (χ2v) is 7.35. The first-order valence-corrected chi connectivity index (χ1v) is 8.38. The Morgan fingerprint density at radius 2 is 2.13 bits per heavy atom. The predicted octanol–water partition coefficient (Wildman–Crippen LogP) is 2.58. The van der Waals surface area contributed by atoms with E-state index in [-0.39, 0.29) is 23.0 Å². The zero-order valence-electron chi connectivity index (χ0n) is 13.1. The molecule has 4 rings (SSSR count). The topological polar surface area (TPSA) is 40.6 Å². The Morgan fingerprint density at radius 1 is 1.30 bits per heavy atom. The monoisotopic (exact) mass is 316 g/mol. The van der Waals surface area contributed by atoms with Crippen LogP contribution in [-0.2, 0) is 9.59 Å². The Bertz CT molecular complexity index is 658. The van der Waals surface area contributed by atoms with Gasteiger partial charge in [-0.2, -0.15) is 0 Å². The Kier molecular flexibility index (Phi) is 3.39. The van der Waals surface area contributed by atoms with Crippen molar-refractivity contribution in [1.29, 1.82) is 0 Å². The van der Waals surface area contributed by atoms with Crippen molar-refractivity contribution in [2.75, 3.05) is 24.5 Å². The van der Waals surface area contributed by atoms with Gasteiger partial charge in [-0.1, -0.05) is 6.07 Å². The number of benzene rings is 1. The van der Waals surface area contributed by atoms with Gasteiger partial charge in [-0.05, 0) is 43.4 Å². The minimum absolute atomic E-state index is 0.0343. The van der Waals surface area contributed by atoms with Crippen LogP contribution in [0.4, 0.5) is 10.1 Å². The predicted molar refractivity (Wildman–Crippen MR) is 84.3 cm³/mol. The lowest BCUT2D eigenvalue weighted by Crippen LogP contribution is -2.34. The summed E-state index contributed by atoms with van der Waals surface area (Å²) in [5.74, 6) is 0.532. The van der Waals surface area contributed by atoms with Gasteiger partial charge >= 0.3 is 0 Å². The van der Waals surface area contributed by atoms with Gasteiger partial charge < -0.3 is 9.80 Å². The van der Waals surface area contributed by atoms with Gasteiger partial charge in [0.1, 0.15) is 5.82 Å². The van der Waals surface area contributed by atoms with E-state index in [1.807, 2.05) is 4.90 Å². The molecular weight excluding hydrogens is 295 g/mol. The van der Waals surface area contributed by atoms with Crippen molar-refractivity contribution >= 4 is 17.5 Å². The number of rotatable bonds is 3. The number of hydrogen-bond donors (Lipinski definition) is 0. The summed E-state index contributed by atoms with van der Waals surface area (Å²) < 4.78 is 13.4. The second kappa shape index (κ2) is 5.32. The van der Waals surface area contributed by atoms with Gasteiger partial charge in [0.25, 0.3) is 0 Å². The van der Waals surface area contributed by atoms with Crippen LogP contribution in [-0.4, -0.2) is 36.3 Å². The average Bonchev–Trinajstić information content (AvgIpc) is 3.14. The van der Waals surface area contributed by atoms with Crippen LogP contribution in [0.25, 0.3) is 0 Å². The SMILES string of the molecule is O=C(CC1CC1)N1CC[C@]2(CC(=O)N(c3cccc(F)c3)C2)C1. The minimum Gasteiger partial charge on any atom is -0.342 e. The van der Waals surface area contributed by atoms with E-state index in [9.17, 15) is 14.0 Å². The number of anilines is 1. The smallest absolute Gasteiger partial charge is 0.227 e. The van der Waals surface area contributed by atoms with Crippen LogP contribution in [0.1, 0.15) is 32.1 Å². The molecule has 1 saturated carbocycles. The highest BCUT2D eigenvalue weighted by molar-refractivity contribution is 5.96. The van der Waals surface area contributed by atoms with E-state index in [4.69, 9.17) is 0 Å². The summed E-state index contributed by atoms with van der Waals surface area (Å²) in [4.78, 5) is 28.3. The van der Waals surface area contributed by atoms with E-state index in [1.165, 1.54) is 25.0 Å². The Morgan fingerprint density at radius 3 is 2.87 bits per heavy atom. The van der Waals surface area contributed by atoms with Crippen molar-refractivity contribution < 1.29 is 14.0 Å². The molecule has 0 aromatic heterocycles. The zero-order valence-corrected chi connectivity index (χ0v) is 13.1. The molecule has 122 valence electrons. The lowest BCUT2D eigenvalue weighted by atomic mass is 9.86. The zero-order chi connectivity index (χ0) is 16.0. The molecule has 1 atom stereocenters. The van der Waals surface area contributed by atoms with E-state index >= 15 is 0 Å². The van der Waals surface area contributed by atoms with Gasteiger partial charge in [-0.25, -0.2) is 4.39 Å². The van der Waals surface area contributed by atoms with Crippen LogP contribution in [0.15, 0.2) is 24.3 Å². The molecule has 2 aliphatic heterocycles. The van der Waals surface area contributed by atoms with Crippen molar-refractivity contribution in [2.24, 2.45) is 11.3 Å². The Balaban J connectivity index is 1.46. The molecule has 23 heavy (non-hydrogen) atoms. The summed E-state index contributed by atoms with van der Waals surface area (Å²) >= 11 is 0. The lowest BCUT2D eigenvalue weighted by molar-refractivity contribution is -0.131. The molecule has 2 saturated heterocycles. The fourth-order valence-electron chi connectivity index (χ4n) is 3.89. The normalized spacial score (nSPS) is 27.3. The molecule has 3 aliphatic rings. The van der Waals surface area contributed by atoms with Crippen LogP contribution >= 0.6 is 0 Å². The number of nitrogens with zero attached hydrogens (tertiary/aromatic N) is 2. The van der Waals surface area contributed by atoms with E-state index < -0.39 is 0 Å². The molecule has 1 aromatic rings. The number of likely N-dealkylation sites (tertiary alicyclic amines) is 1. The fraction of sp³-hybridized carbons (Fsp3) is 0.556. The standard InChI is InChI=1S/C18H21FN2O2/c19-14-2-1-3-15(9-14)21-12-18(10-17(21)23)6-7-20(11-18)16(22)8-13-4-5-13/h1-3,9,13H,4-8,10-12H2/t18-/m0/s1. The number of halogens is 1. The first-order valence-electron chi connectivity index (χ1n) is 8.38. The van der Waals surface area contributed by atoms with Crippen molar-refractivity contribution in [3.05, 3.63) is 30.1 Å². The van der Waals surface area contributed by atoms with Gasteiger partial charge in [-0.15, -0.1) is 0 Å². The number of hydrogen-bond acceptors (Lipinski definition) is 2. The van der Waals surface area contributed by atoms with Crippen LogP contribution in [0, 0.1) is 17.2 Å². The van der Waals surface area contributed by atoms with Crippen molar-refractivity contribution in [3.8, 4) is 0 Å². The molecule has 3 fully saturated rings. The van der Waals surface area contributed by atoms with Gasteiger partial charge in [0.05, 0.1) is 0 Å².